The van der Waals surface area contributed by atoms with E-state index >= 15 is 0 Å². The Morgan fingerprint density at radius 3 is 2.47 bits per heavy atom. The molecule has 0 radical (unpaired) electrons. The number of rotatable bonds is 2. The molecule has 1 heterocycles. The van der Waals surface area contributed by atoms with Crippen LogP contribution in [0.4, 0.5) is 0 Å². The second-order valence-corrected chi connectivity index (χ2v) is 5.56. The Hall–Kier alpha value is -0.860. The van der Waals surface area contributed by atoms with Crippen molar-refractivity contribution in [1.29, 1.82) is 0 Å². The molecular weight excluding hydrogens is 210 g/mol. The van der Waals surface area contributed by atoms with Crippen LogP contribution >= 0.6 is 0 Å². The van der Waals surface area contributed by atoms with Crippen LogP contribution in [0.25, 0.3) is 0 Å². The molecule has 1 aromatic rings. The van der Waals surface area contributed by atoms with Gasteiger partial charge in [0.15, 0.2) is 0 Å². The minimum Gasteiger partial charge on any atom is -0.392 e. The van der Waals surface area contributed by atoms with Crippen LogP contribution in [0.1, 0.15) is 30.0 Å². The molecule has 2 atom stereocenters. The number of piperidine rings is 1. The average molecular weight is 233 g/mol. The molecule has 2 unspecified atom stereocenters. The van der Waals surface area contributed by atoms with E-state index in [-0.39, 0.29) is 6.10 Å². The van der Waals surface area contributed by atoms with Gasteiger partial charge in [-0.1, -0.05) is 36.2 Å². The molecule has 1 aliphatic heterocycles. The van der Waals surface area contributed by atoms with E-state index in [2.05, 4.69) is 43.9 Å². The number of β-amino-alcohol motifs (C(OH)–C–C–N with tert-alkyl or cyclic N) is 1. The van der Waals surface area contributed by atoms with Crippen LogP contribution < -0.4 is 0 Å². The molecule has 94 valence electrons. The monoisotopic (exact) mass is 233 g/mol. The van der Waals surface area contributed by atoms with Gasteiger partial charge in [0, 0.05) is 13.1 Å². The van der Waals surface area contributed by atoms with Gasteiger partial charge in [0.25, 0.3) is 0 Å². The van der Waals surface area contributed by atoms with Gasteiger partial charge in [-0.3, -0.25) is 4.90 Å². The molecule has 2 heteroatoms. The molecule has 1 aromatic carbocycles. The van der Waals surface area contributed by atoms with Gasteiger partial charge in [0.05, 0.1) is 6.10 Å². The molecule has 0 saturated carbocycles. The zero-order valence-corrected chi connectivity index (χ0v) is 11.1. The van der Waals surface area contributed by atoms with E-state index in [0.29, 0.717) is 5.92 Å². The highest BCUT2D eigenvalue weighted by molar-refractivity contribution is 5.28. The highest BCUT2D eigenvalue weighted by atomic mass is 16.3. The summed E-state index contributed by atoms with van der Waals surface area (Å²) in [5.41, 5.74) is 4.01. The topological polar surface area (TPSA) is 23.5 Å². The standard InChI is InChI=1S/C15H23NO/c1-11-6-12(2)8-14(7-11)9-16-5-4-13(3)15(17)10-16/h6-8,13,15,17H,4-5,9-10H2,1-3H3. The quantitative estimate of drug-likeness (QED) is 0.848. The summed E-state index contributed by atoms with van der Waals surface area (Å²) in [5.74, 6) is 0.450. The Kier molecular flexibility index (Phi) is 3.85. The maximum Gasteiger partial charge on any atom is 0.0693 e. The van der Waals surface area contributed by atoms with Gasteiger partial charge in [0.1, 0.15) is 0 Å². The van der Waals surface area contributed by atoms with Gasteiger partial charge < -0.3 is 5.11 Å². The lowest BCUT2D eigenvalue weighted by molar-refractivity contribution is 0.0259. The second kappa shape index (κ2) is 5.19. The third-order valence-corrected chi connectivity index (χ3v) is 3.69. The number of hydrogen-bond donors (Lipinski definition) is 1. The van der Waals surface area contributed by atoms with E-state index in [1.54, 1.807) is 0 Å². The van der Waals surface area contributed by atoms with Crippen molar-refractivity contribution in [3.63, 3.8) is 0 Å². The van der Waals surface area contributed by atoms with E-state index in [1.165, 1.54) is 16.7 Å². The van der Waals surface area contributed by atoms with Crippen molar-refractivity contribution in [2.45, 2.75) is 39.8 Å². The van der Waals surface area contributed by atoms with Crippen LogP contribution in [-0.4, -0.2) is 29.2 Å². The molecule has 1 N–H and O–H groups in total. The van der Waals surface area contributed by atoms with Crippen LogP contribution in [0, 0.1) is 19.8 Å². The summed E-state index contributed by atoms with van der Waals surface area (Å²) in [7, 11) is 0. The minimum absolute atomic E-state index is 0.158. The van der Waals surface area contributed by atoms with E-state index in [1.807, 2.05) is 0 Å². The molecule has 0 amide bonds. The number of aryl methyl sites for hydroxylation is 2. The molecule has 1 saturated heterocycles. The highest BCUT2D eigenvalue weighted by Crippen LogP contribution is 2.19. The molecule has 1 fully saturated rings. The van der Waals surface area contributed by atoms with Gasteiger partial charge in [-0.15, -0.1) is 0 Å². The molecule has 0 aromatic heterocycles. The zero-order valence-electron chi connectivity index (χ0n) is 11.1. The molecule has 2 rings (SSSR count). The average Bonchev–Trinajstić information content (AvgIpc) is 2.22. The molecular formula is C15H23NO. The number of hydrogen-bond acceptors (Lipinski definition) is 2. The molecule has 0 spiro atoms. The van der Waals surface area contributed by atoms with Crippen molar-refractivity contribution in [3.05, 3.63) is 34.9 Å². The Morgan fingerprint density at radius 1 is 1.24 bits per heavy atom. The van der Waals surface area contributed by atoms with Crippen molar-refractivity contribution in [2.75, 3.05) is 13.1 Å². The first-order chi connectivity index (χ1) is 8.04. The van der Waals surface area contributed by atoms with E-state index in [9.17, 15) is 5.11 Å². The maximum absolute atomic E-state index is 9.89. The third-order valence-electron chi connectivity index (χ3n) is 3.69. The summed E-state index contributed by atoms with van der Waals surface area (Å²) >= 11 is 0. The number of likely N-dealkylation sites (tertiary alicyclic amines) is 1. The summed E-state index contributed by atoms with van der Waals surface area (Å²) in [4.78, 5) is 2.36. The second-order valence-electron chi connectivity index (χ2n) is 5.56. The fourth-order valence-corrected chi connectivity index (χ4v) is 2.68. The Bertz CT molecular complexity index is 368. The molecule has 0 bridgehead atoms. The predicted octanol–water partition coefficient (Wildman–Crippen LogP) is 2.51. The van der Waals surface area contributed by atoms with Crippen molar-refractivity contribution in [3.8, 4) is 0 Å². The Labute approximate surface area is 104 Å². The van der Waals surface area contributed by atoms with E-state index in [4.69, 9.17) is 0 Å². The first-order valence-electron chi connectivity index (χ1n) is 6.52. The largest absolute Gasteiger partial charge is 0.392 e. The van der Waals surface area contributed by atoms with Crippen molar-refractivity contribution < 1.29 is 5.11 Å². The number of aliphatic hydroxyl groups is 1. The van der Waals surface area contributed by atoms with E-state index in [0.717, 1.165) is 26.1 Å². The molecule has 0 aliphatic carbocycles. The van der Waals surface area contributed by atoms with Gasteiger partial charge in [-0.05, 0) is 38.3 Å². The lowest BCUT2D eigenvalue weighted by Gasteiger charge is -2.34. The van der Waals surface area contributed by atoms with E-state index < -0.39 is 0 Å². The van der Waals surface area contributed by atoms with Gasteiger partial charge in [-0.25, -0.2) is 0 Å². The van der Waals surface area contributed by atoms with Gasteiger partial charge in [-0.2, -0.15) is 0 Å². The van der Waals surface area contributed by atoms with Crippen LogP contribution in [-0.2, 0) is 6.54 Å². The molecule has 2 nitrogen and oxygen atoms in total. The maximum atomic E-state index is 9.89. The van der Waals surface area contributed by atoms with Crippen LogP contribution in [0.3, 0.4) is 0 Å². The number of nitrogens with zero attached hydrogens (tertiary/aromatic N) is 1. The fourth-order valence-electron chi connectivity index (χ4n) is 2.68. The number of benzene rings is 1. The smallest absolute Gasteiger partial charge is 0.0693 e. The van der Waals surface area contributed by atoms with Crippen LogP contribution in [0.5, 0.6) is 0 Å². The third kappa shape index (κ3) is 3.30. The van der Waals surface area contributed by atoms with Crippen molar-refractivity contribution in [2.24, 2.45) is 5.92 Å². The minimum atomic E-state index is -0.158. The van der Waals surface area contributed by atoms with Crippen molar-refractivity contribution >= 4 is 0 Å². The fraction of sp³-hybridized carbons (Fsp3) is 0.600. The van der Waals surface area contributed by atoms with Crippen LogP contribution in [0.2, 0.25) is 0 Å². The molecule has 17 heavy (non-hydrogen) atoms. The number of aliphatic hydroxyl groups excluding tert-OH is 1. The zero-order chi connectivity index (χ0) is 12.4. The summed E-state index contributed by atoms with van der Waals surface area (Å²) in [6, 6.07) is 6.70. The van der Waals surface area contributed by atoms with Gasteiger partial charge in [0.2, 0.25) is 0 Å². The highest BCUT2D eigenvalue weighted by Gasteiger charge is 2.23. The predicted molar refractivity (Wildman–Crippen MR) is 71.0 cm³/mol. The normalized spacial score (nSPS) is 26.1. The first kappa shape index (κ1) is 12.6. The van der Waals surface area contributed by atoms with Crippen LogP contribution in [0.15, 0.2) is 18.2 Å². The summed E-state index contributed by atoms with van der Waals surface area (Å²) in [6.45, 7) is 9.30. The SMILES string of the molecule is Cc1cc(C)cc(CN2CCC(C)C(O)C2)c1. The summed E-state index contributed by atoms with van der Waals surface area (Å²) in [5, 5.41) is 9.89. The summed E-state index contributed by atoms with van der Waals surface area (Å²) < 4.78 is 0. The Balaban J connectivity index is 2.01. The van der Waals surface area contributed by atoms with Crippen molar-refractivity contribution in [1.82, 2.24) is 4.90 Å². The van der Waals surface area contributed by atoms with Gasteiger partial charge >= 0.3 is 0 Å². The summed E-state index contributed by atoms with van der Waals surface area (Å²) in [6.07, 6.45) is 0.945. The first-order valence-corrected chi connectivity index (χ1v) is 6.52. The Morgan fingerprint density at radius 2 is 1.88 bits per heavy atom. The lowest BCUT2D eigenvalue weighted by Crippen LogP contribution is -2.42. The molecule has 1 aliphatic rings. The lowest BCUT2D eigenvalue weighted by atomic mass is 9.95.